The zero-order valence-electron chi connectivity index (χ0n) is 15.6. The number of carbonyl (C=O) groups is 1. The number of nitrogens with zero attached hydrogens (tertiary/aromatic N) is 3. The van der Waals surface area contributed by atoms with Crippen LogP contribution in [0.2, 0.25) is 0 Å². The van der Waals surface area contributed by atoms with E-state index in [1.54, 1.807) is 30.2 Å². The largest absolute Gasteiger partial charge is 0.338 e. The Labute approximate surface area is 162 Å². The molecule has 0 atom stereocenters. The fourth-order valence-electron chi connectivity index (χ4n) is 3.13. The second kappa shape index (κ2) is 7.57. The summed E-state index contributed by atoms with van der Waals surface area (Å²) in [6.07, 6.45) is 0. The Morgan fingerprint density at radius 2 is 1.78 bits per heavy atom. The van der Waals surface area contributed by atoms with Crippen LogP contribution in [0.4, 0.5) is 0 Å². The predicted molar refractivity (Wildman–Crippen MR) is 105 cm³/mol. The third-order valence-electron chi connectivity index (χ3n) is 4.82. The lowest BCUT2D eigenvalue weighted by Gasteiger charge is -2.34. The molecule has 1 aliphatic rings. The number of thiazole rings is 1. The zero-order chi connectivity index (χ0) is 19.8. The highest BCUT2D eigenvalue weighted by Gasteiger charge is 2.31. The summed E-state index contributed by atoms with van der Waals surface area (Å²) in [6, 6.07) is 5.39. The minimum Gasteiger partial charge on any atom is -0.338 e. The van der Waals surface area contributed by atoms with Crippen LogP contribution in [0.3, 0.4) is 0 Å². The topological polar surface area (TPSA) is 79.7 Å². The number of hydrogen-bond donors (Lipinski definition) is 0. The normalized spacial score (nSPS) is 15.9. The highest BCUT2D eigenvalue weighted by atomic mass is 32.2. The van der Waals surface area contributed by atoms with Crippen molar-refractivity contribution in [2.75, 3.05) is 26.2 Å². The van der Waals surface area contributed by atoms with Crippen molar-refractivity contribution in [3.63, 3.8) is 0 Å². The maximum Gasteiger partial charge on any atom is 0.307 e. The molecule has 0 N–H and O–H groups in total. The number of benzene rings is 1. The van der Waals surface area contributed by atoms with E-state index >= 15 is 0 Å². The van der Waals surface area contributed by atoms with Crippen LogP contribution >= 0.6 is 11.3 Å². The minimum atomic E-state index is -3.59. The number of carbonyl (C=O) groups excluding carboxylic acids is 1. The van der Waals surface area contributed by atoms with E-state index in [0.717, 1.165) is 22.6 Å². The summed E-state index contributed by atoms with van der Waals surface area (Å²) in [4.78, 5) is 26.1. The number of rotatable bonds is 4. The van der Waals surface area contributed by atoms with Crippen molar-refractivity contribution < 1.29 is 13.2 Å². The Kier molecular flexibility index (Phi) is 5.55. The number of sulfonamides is 1. The minimum absolute atomic E-state index is 0.00208. The van der Waals surface area contributed by atoms with Gasteiger partial charge in [-0.05, 0) is 38.0 Å². The van der Waals surface area contributed by atoms with Crippen molar-refractivity contribution in [3.05, 3.63) is 50.1 Å². The van der Waals surface area contributed by atoms with E-state index in [-0.39, 0.29) is 30.4 Å². The Hall–Kier alpha value is -1.97. The SMILES string of the molecule is Cc1ccc(C)c(S(=O)(=O)N2CCN(C(=O)Cn3c(C)csc3=O)CC2)c1. The van der Waals surface area contributed by atoms with E-state index in [4.69, 9.17) is 0 Å². The van der Waals surface area contributed by atoms with Crippen molar-refractivity contribution in [2.24, 2.45) is 0 Å². The molecule has 1 amide bonds. The molecule has 0 unspecified atom stereocenters. The summed E-state index contributed by atoms with van der Waals surface area (Å²) >= 11 is 1.07. The van der Waals surface area contributed by atoms with Crippen molar-refractivity contribution in [3.8, 4) is 0 Å². The summed E-state index contributed by atoms with van der Waals surface area (Å²) in [6.45, 7) is 6.58. The van der Waals surface area contributed by atoms with Gasteiger partial charge in [0.15, 0.2) is 0 Å². The summed E-state index contributed by atoms with van der Waals surface area (Å²) < 4.78 is 28.8. The smallest absolute Gasteiger partial charge is 0.307 e. The molecule has 2 aromatic rings. The highest BCUT2D eigenvalue weighted by Crippen LogP contribution is 2.22. The molecule has 1 saturated heterocycles. The Morgan fingerprint density at radius 3 is 2.37 bits per heavy atom. The van der Waals surface area contributed by atoms with E-state index in [1.807, 2.05) is 19.1 Å². The molecule has 0 saturated carbocycles. The molecule has 3 rings (SSSR count). The van der Waals surface area contributed by atoms with Crippen LogP contribution in [-0.2, 0) is 21.4 Å². The first-order valence-electron chi connectivity index (χ1n) is 8.70. The zero-order valence-corrected chi connectivity index (χ0v) is 17.3. The molecule has 0 bridgehead atoms. The molecule has 7 nitrogen and oxygen atoms in total. The maximum atomic E-state index is 13.0. The lowest BCUT2D eigenvalue weighted by molar-refractivity contribution is -0.133. The van der Waals surface area contributed by atoms with Crippen LogP contribution in [0, 0.1) is 20.8 Å². The van der Waals surface area contributed by atoms with Gasteiger partial charge in [-0.25, -0.2) is 8.42 Å². The standard InChI is InChI=1S/C18H23N3O4S2/c1-13-4-5-14(2)16(10-13)27(24,25)20-8-6-19(7-9-20)17(22)11-21-15(3)12-26-18(21)23/h4-5,10,12H,6-9,11H2,1-3H3. The van der Waals surface area contributed by atoms with Crippen LogP contribution in [0.5, 0.6) is 0 Å². The van der Waals surface area contributed by atoms with Gasteiger partial charge < -0.3 is 4.90 Å². The third kappa shape index (κ3) is 3.99. The molecule has 146 valence electrons. The Balaban J connectivity index is 1.69. The average Bonchev–Trinajstić information content (AvgIpc) is 2.95. The number of aryl methyl sites for hydroxylation is 3. The van der Waals surface area contributed by atoms with Crippen LogP contribution in [0.25, 0.3) is 0 Å². The fraction of sp³-hybridized carbons (Fsp3) is 0.444. The van der Waals surface area contributed by atoms with Gasteiger partial charge in [-0.1, -0.05) is 23.5 Å². The summed E-state index contributed by atoms with van der Waals surface area (Å²) in [5, 5.41) is 1.73. The molecule has 0 radical (unpaired) electrons. The molecule has 1 fully saturated rings. The number of amides is 1. The van der Waals surface area contributed by atoms with Crippen LogP contribution < -0.4 is 4.87 Å². The van der Waals surface area contributed by atoms with E-state index < -0.39 is 10.0 Å². The van der Waals surface area contributed by atoms with Crippen molar-refractivity contribution in [1.29, 1.82) is 0 Å². The van der Waals surface area contributed by atoms with Gasteiger partial charge in [0.05, 0.1) is 4.90 Å². The van der Waals surface area contributed by atoms with E-state index in [1.165, 1.54) is 8.87 Å². The van der Waals surface area contributed by atoms with Crippen molar-refractivity contribution >= 4 is 27.3 Å². The summed E-state index contributed by atoms with van der Waals surface area (Å²) in [5.41, 5.74) is 2.37. The van der Waals surface area contributed by atoms with Crippen LogP contribution in [-0.4, -0.2) is 54.3 Å². The first kappa shape index (κ1) is 19.8. The monoisotopic (exact) mass is 409 g/mol. The van der Waals surface area contributed by atoms with E-state index in [0.29, 0.717) is 23.5 Å². The predicted octanol–water partition coefficient (Wildman–Crippen LogP) is 1.37. The van der Waals surface area contributed by atoms with Crippen molar-refractivity contribution in [1.82, 2.24) is 13.8 Å². The lowest BCUT2D eigenvalue weighted by atomic mass is 10.2. The first-order chi connectivity index (χ1) is 12.7. The molecular formula is C18H23N3O4S2. The Bertz CT molecular complexity index is 1020. The number of hydrogen-bond acceptors (Lipinski definition) is 5. The van der Waals surface area contributed by atoms with Gasteiger partial charge in [0.1, 0.15) is 6.54 Å². The second-order valence-corrected chi connectivity index (χ2v) is 9.51. The van der Waals surface area contributed by atoms with Gasteiger partial charge in [0, 0.05) is 37.3 Å². The van der Waals surface area contributed by atoms with Gasteiger partial charge in [-0.2, -0.15) is 4.31 Å². The molecule has 0 spiro atoms. The summed E-state index contributed by atoms with van der Waals surface area (Å²) in [5.74, 6) is -0.164. The molecule has 2 heterocycles. The molecule has 1 aliphatic heterocycles. The van der Waals surface area contributed by atoms with Gasteiger partial charge in [-0.15, -0.1) is 0 Å². The number of aromatic nitrogens is 1. The third-order valence-corrected chi connectivity index (χ3v) is 7.74. The quantitative estimate of drug-likeness (QED) is 0.764. The van der Waals surface area contributed by atoms with Crippen LogP contribution in [0.15, 0.2) is 33.3 Å². The molecular weight excluding hydrogens is 386 g/mol. The maximum absolute atomic E-state index is 13.0. The molecule has 27 heavy (non-hydrogen) atoms. The van der Waals surface area contributed by atoms with Crippen molar-refractivity contribution in [2.45, 2.75) is 32.2 Å². The molecule has 9 heteroatoms. The molecule has 1 aromatic carbocycles. The van der Waals surface area contributed by atoms with Crippen LogP contribution in [0.1, 0.15) is 16.8 Å². The summed E-state index contributed by atoms with van der Waals surface area (Å²) in [7, 11) is -3.59. The highest BCUT2D eigenvalue weighted by molar-refractivity contribution is 7.89. The van der Waals surface area contributed by atoms with E-state index in [2.05, 4.69) is 0 Å². The first-order valence-corrected chi connectivity index (χ1v) is 11.0. The molecule has 0 aliphatic carbocycles. The number of piperazine rings is 1. The Morgan fingerprint density at radius 1 is 1.11 bits per heavy atom. The van der Waals surface area contributed by atoms with Gasteiger partial charge >= 0.3 is 4.87 Å². The average molecular weight is 410 g/mol. The fourth-order valence-corrected chi connectivity index (χ4v) is 5.60. The lowest BCUT2D eigenvalue weighted by Crippen LogP contribution is -2.51. The van der Waals surface area contributed by atoms with E-state index in [9.17, 15) is 18.0 Å². The molecule has 1 aromatic heterocycles. The van der Waals surface area contributed by atoms with Gasteiger partial charge in [0.25, 0.3) is 0 Å². The second-order valence-electron chi connectivity index (χ2n) is 6.78. The van der Waals surface area contributed by atoms with Gasteiger partial charge in [-0.3, -0.25) is 14.2 Å². The van der Waals surface area contributed by atoms with Gasteiger partial charge in [0.2, 0.25) is 15.9 Å².